The third-order valence-electron chi connectivity index (χ3n) is 3.03. The van der Waals surface area contributed by atoms with E-state index in [1.54, 1.807) is 38.3 Å². The summed E-state index contributed by atoms with van der Waals surface area (Å²) in [5.41, 5.74) is -0.566. The number of carbonyl (C=O) groups is 2. The third kappa shape index (κ3) is 5.00. The minimum atomic E-state index is -1.05. The van der Waals surface area contributed by atoms with Crippen molar-refractivity contribution >= 4 is 23.3 Å². The molecular formula is C14H23N3O3S. The number of urea groups is 1. The van der Waals surface area contributed by atoms with E-state index in [2.05, 4.69) is 15.6 Å². The topological polar surface area (TPSA) is 91.3 Å². The summed E-state index contributed by atoms with van der Waals surface area (Å²) in [7, 11) is 0. The number of carboxylic acid groups (broad SMARTS) is 1. The van der Waals surface area contributed by atoms with E-state index in [9.17, 15) is 14.7 Å². The minimum Gasteiger partial charge on any atom is -0.480 e. The van der Waals surface area contributed by atoms with E-state index in [0.717, 1.165) is 16.3 Å². The van der Waals surface area contributed by atoms with Gasteiger partial charge in [-0.15, -0.1) is 11.3 Å². The zero-order chi connectivity index (χ0) is 16.2. The summed E-state index contributed by atoms with van der Waals surface area (Å²) in [4.78, 5) is 28.6. The fraction of sp³-hybridized carbons (Fsp3) is 0.643. The third-order valence-corrected chi connectivity index (χ3v) is 4.35. The molecule has 2 atom stereocenters. The Morgan fingerprint density at radius 1 is 1.38 bits per heavy atom. The molecule has 0 aliphatic rings. The van der Waals surface area contributed by atoms with Crippen LogP contribution in [-0.2, 0) is 11.2 Å². The molecule has 0 fully saturated rings. The molecule has 1 heterocycles. The number of nitrogens with one attached hydrogen (secondary N) is 2. The van der Waals surface area contributed by atoms with Gasteiger partial charge in [0.25, 0.3) is 0 Å². The zero-order valence-corrected chi connectivity index (χ0v) is 13.9. The van der Waals surface area contributed by atoms with Gasteiger partial charge in [-0.1, -0.05) is 27.7 Å². The summed E-state index contributed by atoms with van der Waals surface area (Å²) in [6.07, 6.45) is 2.70. The minimum absolute atomic E-state index is 0.260. The Hall–Kier alpha value is -1.63. The van der Waals surface area contributed by atoms with Gasteiger partial charge in [0.1, 0.15) is 11.0 Å². The summed E-state index contributed by atoms with van der Waals surface area (Å²) in [5, 5.41) is 15.2. The number of hydrogen-bond donors (Lipinski definition) is 3. The highest BCUT2D eigenvalue weighted by molar-refractivity contribution is 7.11. The Balaban J connectivity index is 2.65. The van der Waals surface area contributed by atoms with E-state index in [-0.39, 0.29) is 6.04 Å². The van der Waals surface area contributed by atoms with Crippen molar-refractivity contribution in [3.05, 3.63) is 16.1 Å². The van der Waals surface area contributed by atoms with E-state index in [4.69, 9.17) is 0 Å². The molecule has 7 heteroatoms. The lowest BCUT2D eigenvalue weighted by Gasteiger charge is -2.28. The second-order valence-corrected chi connectivity index (χ2v) is 7.14. The first-order chi connectivity index (χ1) is 9.65. The number of carbonyl (C=O) groups excluding carboxylic acids is 1. The van der Waals surface area contributed by atoms with Crippen molar-refractivity contribution in [1.82, 2.24) is 15.6 Å². The summed E-state index contributed by atoms with van der Waals surface area (Å²) in [5.74, 6) is -1.05. The second-order valence-electron chi connectivity index (χ2n) is 6.00. The molecule has 21 heavy (non-hydrogen) atoms. The molecule has 1 aromatic rings. The molecule has 0 aliphatic carbocycles. The van der Waals surface area contributed by atoms with Crippen molar-refractivity contribution in [3.63, 3.8) is 0 Å². The van der Waals surface area contributed by atoms with Crippen LogP contribution in [0.5, 0.6) is 0 Å². The standard InChI is InChI=1S/C14H23N3O3S/c1-6-9-7-15-11(21-9)8(2)16-13(20)17-10(12(18)19)14(3,4)5/h7-8,10H,6H2,1-5H3,(H,18,19)(H2,16,17,20)/t8?,10-/m1/s1. The van der Waals surface area contributed by atoms with Gasteiger partial charge in [0.05, 0.1) is 6.04 Å². The lowest BCUT2D eigenvalue weighted by atomic mass is 9.87. The summed E-state index contributed by atoms with van der Waals surface area (Å²) < 4.78 is 0. The van der Waals surface area contributed by atoms with Crippen LogP contribution in [0.4, 0.5) is 4.79 Å². The molecule has 2 amide bonds. The summed E-state index contributed by atoms with van der Waals surface area (Å²) in [6.45, 7) is 9.17. The first kappa shape index (κ1) is 17.4. The lowest BCUT2D eigenvalue weighted by Crippen LogP contribution is -2.52. The van der Waals surface area contributed by atoms with Gasteiger partial charge < -0.3 is 15.7 Å². The Morgan fingerprint density at radius 3 is 2.43 bits per heavy atom. The number of aromatic nitrogens is 1. The SMILES string of the molecule is CCc1cnc(C(C)NC(=O)N[C@H](C(=O)O)C(C)(C)C)s1. The lowest BCUT2D eigenvalue weighted by molar-refractivity contribution is -0.141. The van der Waals surface area contributed by atoms with Crippen LogP contribution in [0, 0.1) is 5.41 Å². The Kier molecular flexibility index (Phi) is 5.71. The normalized spacial score (nSPS) is 14.3. The molecule has 3 N–H and O–H groups in total. The average Bonchev–Trinajstić information content (AvgIpc) is 2.83. The molecule has 1 unspecified atom stereocenters. The number of rotatable bonds is 5. The van der Waals surface area contributed by atoms with Crippen LogP contribution in [0.1, 0.15) is 50.5 Å². The van der Waals surface area contributed by atoms with Gasteiger partial charge in [-0.05, 0) is 18.8 Å². The molecule has 0 radical (unpaired) electrons. The fourth-order valence-corrected chi connectivity index (χ4v) is 2.63. The zero-order valence-electron chi connectivity index (χ0n) is 13.1. The highest BCUT2D eigenvalue weighted by atomic mass is 32.1. The maximum Gasteiger partial charge on any atom is 0.326 e. The van der Waals surface area contributed by atoms with Crippen molar-refractivity contribution in [1.29, 1.82) is 0 Å². The molecule has 0 saturated carbocycles. The van der Waals surface area contributed by atoms with Crippen LogP contribution in [0.2, 0.25) is 0 Å². The van der Waals surface area contributed by atoms with Gasteiger partial charge >= 0.3 is 12.0 Å². The number of aliphatic carboxylic acids is 1. The van der Waals surface area contributed by atoms with Gasteiger partial charge in [0.15, 0.2) is 0 Å². The maximum absolute atomic E-state index is 12.0. The highest BCUT2D eigenvalue weighted by Crippen LogP contribution is 2.21. The van der Waals surface area contributed by atoms with Crippen LogP contribution in [-0.4, -0.2) is 28.1 Å². The molecule has 0 aliphatic heterocycles. The summed E-state index contributed by atoms with van der Waals surface area (Å²) in [6, 6.07) is -1.71. The van der Waals surface area contributed by atoms with Crippen LogP contribution in [0.3, 0.4) is 0 Å². The van der Waals surface area contributed by atoms with Gasteiger partial charge in [-0.3, -0.25) is 0 Å². The summed E-state index contributed by atoms with van der Waals surface area (Å²) >= 11 is 1.54. The largest absolute Gasteiger partial charge is 0.480 e. The number of nitrogens with zero attached hydrogens (tertiary/aromatic N) is 1. The van der Waals surface area contributed by atoms with Crippen LogP contribution < -0.4 is 10.6 Å². The van der Waals surface area contributed by atoms with Crippen LogP contribution >= 0.6 is 11.3 Å². The van der Waals surface area contributed by atoms with Crippen molar-refractivity contribution in [3.8, 4) is 0 Å². The van der Waals surface area contributed by atoms with Crippen molar-refractivity contribution in [2.75, 3.05) is 0 Å². The second kappa shape index (κ2) is 6.89. The molecule has 1 rings (SSSR count). The van der Waals surface area contributed by atoms with Gasteiger partial charge in [-0.2, -0.15) is 0 Å². The van der Waals surface area contributed by atoms with Crippen molar-refractivity contribution < 1.29 is 14.7 Å². The Labute approximate surface area is 129 Å². The number of aryl methyl sites for hydroxylation is 1. The number of amides is 2. The van der Waals surface area contributed by atoms with Gasteiger partial charge in [-0.25, -0.2) is 14.6 Å². The van der Waals surface area contributed by atoms with Crippen molar-refractivity contribution in [2.45, 2.75) is 53.1 Å². The van der Waals surface area contributed by atoms with Gasteiger partial charge in [0, 0.05) is 11.1 Å². The molecule has 1 aromatic heterocycles. The molecule has 6 nitrogen and oxygen atoms in total. The van der Waals surface area contributed by atoms with E-state index in [1.165, 1.54) is 0 Å². The maximum atomic E-state index is 12.0. The average molecular weight is 313 g/mol. The number of thiazole rings is 1. The van der Waals surface area contributed by atoms with E-state index in [1.807, 2.05) is 13.8 Å². The van der Waals surface area contributed by atoms with Crippen molar-refractivity contribution in [2.24, 2.45) is 5.41 Å². The monoisotopic (exact) mass is 313 g/mol. The van der Waals surface area contributed by atoms with Crippen LogP contribution in [0.15, 0.2) is 6.20 Å². The smallest absolute Gasteiger partial charge is 0.326 e. The highest BCUT2D eigenvalue weighted by Gasteiger charge is 2.32. The molecule has 0 saturated heterocycles. The Morgan fingerprint density at radius 2 is 2.00 bits per heavy atom. The molecule has 0 bridgehead atoms. The predicted octanol–water partition coefficient (Wildman–Crippen LogP) is 2.57. The molecule has 0 spiro atoms. The fourth-order valence-electron chi connectivity index (χ4n) is 1.77. The van der Waals surface area contributed by atoms with E-state index >= 15 is 0 Å². The van der Waals surface area contributed by atoms with Crippen LogP contribution in [0.25, 0.3) is 0 Å². The first-order valence-electron chi connectivity index (χ1n) is 6.89. The quantitative estimate of drug-likeness (QED) is 0.779. The first-order valence-corrected chi connectivity index (χ1v) is 7.71. The predicted molar refractivity (Wildman–Crippen MR) is 82.5 cm³/mol. The number of hydrogen-bond acceptors (Lipinski definition) is 4. The molecule has 118 valence electrons. The Bertz CT molecular complexity index is 508. The van der Waals surface area contributed by atoms with Gasteiger partial charge in [0.2, 0.25) is 0 Å². The number of carboxylic acids is 1. The van der Waals surface area contributed by atoms with E-state index < -0.39 is 23.5 Å². The molecular weight excluding hydrogens is 290 g/mol. The molecule has 0 aromatic carbocycles. The van der Waals surface area contributed by atoms with E-state index in [0.29, 0.717) is 0 Å².